The summed E-state index contributed by atoms with van der Waals surface area (Å²) in [5.74, 6) is 0.0507. The molecular formula is C15H18N2O3. The van der Waals surface area contributed by atoms with Crippen LogP contribution in [0.1, 0.15) is 17.7 Å². The van der Waals surface area contributed by atoms with Gasteiger partial charge in [0.05, 0.1) is 7.11 Å². The molecule has 0 bridgehead atoms. The minimum atomic E-state index is -0.759. The van der Waals surface area contributed by atoms with E-state index >= 15 is 0 Å². The van der Waals surface area contributed by atoms with Gasteiger partial charge in [-0.05, 0) is 30.2 Å². The Hall–Kier alpha value is -2.01. The lowest BCUT2D eigenvalue weighted by molar-refractivity contribution is -0.136. The van der Waals surface area contributed by atoms with Crippen LogP contribution in [0.3, 0.4) is 0 Å². The van der Waals surface area contributed by atoms with E-state index in [4.69, 9.17) is 9.84 Å². The number of aryl methyl sites for hydroxylation is 1. The molecule has 0 amide bonds. The summed E-state index contributed by atoms with van der Waals surface area (Å²) >= 11 is 0. The molecule has 0 atom stereocenters. The number of hydrogen-bond donors (Lipinski definition) is 2. The number of ether oxygens (including phenoxy) is 1. The number of carboxylic acid groups (broad SMARTS) is 1. The smallest absolute Gasteiger partial charge is 0.303 e. The third-order valence-corrected chi connectivity index (χ3v) is 3.89. The standard InChI is InChI=1S/C15H18N2O3/c1-20-10-2-4-13-12(8-10)11(3-5-15(18)19)14-9-16-6-7-17(13)14/h2,4,8,16H,3,5-7,9H2,1H3,(H,18,19). The normalized spacial score (nSPS) is 14.2. The molecule has 0 saturated carbocycles. The molecule has 1 aliphatic heterocycles. The Labute approximate surface area is 117 Å². The first-order valence-electron chi connectivity index (χ1n) is 6.81. The number of methoxy groups -OCH3 is 1. The molecule has 5 heteroatoms. The summed E-state index contributed by atoms with van der Waals surface area (Å²) in [6, 6.07) is 6.03. The average Bonchev–Trinajstić information content (AvgIpc) is 2.78. The predicted octanol–water partition coefficient (Wildman–Crippen LogP) is 1.77. The predicted molar refractivity (Wildman–Crippen MR) is 76.2 cm³/mol. The van der Waals surface area contributed by atoms with Gasteiger partial charge in [0.25, 0.3) is 0 Å². The Bertz CT molecular complexity index is 661. The summed E-state index contributed by atoms with van der Waals surface area (Å²) in [4.78, 5) is 10.9. The highest BCUT2D eigenvalue weighted by Crippen LogP contribution is 2.31. The van der Waals surface area contributed by atoms with Crippen LogP contribution in [0.5, 0.6) is 5.75 Å². The van der Waals surface area contributed by atoms with E-state index in [2.05, 4.69) is 16.0 Å². The van der Waals surface area contributed by atoms with Crippen LogP contribution in [0.2, 0.25) is 0 Å². The minimum absolute atomic E-state index is 0.156. The molecule has 5 nitrogen and oxygen atoms in total. The zero-order valence-corrected chi connectivity index (χ0v) is 11.5. The van der Waals surface area contributed by atoms with Gasteiger partial charge in [0, 0.05) is 42.7 Å². The topological polar surface area (TPSA) is 63.5 Å². The molecule has 0 radical (unpaired) electrons. The van der Waals surface area contributed by atoms with Gasteiger partial charge >= 0.3 is 5.97 Å². The monoisotopic (exact) mass is 274 g/mol. The first-order valence-corrected chi connectivity index (χ1v) is 6.81. The first-order chi connectivity index (χ1) is 9.70. The van der Waals surface area contributed by atoms with Gasteiger partial charge in [0.15, 0.2) is 0 Å². The van der Waals surface area contributed by atoms with Crippen LogP contribution >= 0.6 is 0 Å². The number of aromatic nitrogens is 1. The molecule has 0 unspecified atom stereocenters. The van der Waals surface area contributed by atoms with Crippen molar-refractivity contribution in [3.05, 3.63) is 29.5 Å². The lowest BCUT2D eigenvalue weighted by Gasteiger charge is -2.18. The van der Waals surface area contributed by atoms with Gasteiger partial charge in [-0.3, -0.25) is 4.79 Å². The number of hydrogen-bond acceptors (Lipinski definition) is 3. The quantitative estimate of drug-likeness (QED) is 0.892. The number of benzene rings is 1. The van der Waals surface area contributed by atoms with Gasteiger partial charge in [-0.15, -0.1) is 0 Å². The maximum Gasteiger partial charge on any atom is 0.303 e. The lowest BCUT2D eigenvalue weighted by Crippen LogP contribution is -2.28. The van der Waals surface area contributed by atoms with Crippen molar-refractivity contribution in [2.24, 2.45) is 0 Å². The van der Waals surface area contributed by atoms with E-state index in [9.17, 15) is 4.79 Å². The van der Waals surface area contributed by atoms with E-state index in [0.717, 1.165) is 36.3 Å². The molecule has 0 fully saturated rings. The van der Waals surface area contributed by atoms with Crippen molar-refractivity contribution in [3.8, 4) is 5.75 Å². The molecule has 1 aliphatic rings. The van der Waals surface area contributed by atoms with Gasteiger partial charge in [0.1, 0.15) is 5.75 Å². The van der Waals surface area contributed by atoms with Crippen molar-refractivity contribution >= 4 is 16.9 Å². The van der Waals surface area contributed by atoms with Crippen LogP contribution in [0.15, 0.2) is 18.2 Å². The van der Waals surface area contributed by atoms with E-state index in [-0.39, 0.29) is 6.42 Å². The molecule has 20 heavy (non-hydrogen) atoms. The van der Waals surface area contributed by atoms with Gasteiger partial charge in [-0.1, -0.05) is 0 Å². The number of rotatable bonds is 4. The van der Waals surface area contributed by atoms with Crippen LogP contribution in [-0.2, 0) is 24.3 Å². The molecular weight excluding hydrogens is 256 g/mol. The molecule has 0 saturated heterocycles. The van der Waals surface area contributed by atoms with Crippen molar-refractivity contribution in [2.45, 2.75) is 25.9 Å². The molecule has 0 aliphatic carbocycles. The van der Waals surface area contributed by atoms with Crippen LogP contribution < -0.4 is 10.1 Å². The molecule has 106 valence electrons. The maximum absolute atomic E-state index is 10.9. The lowest BCUT2D eigenvalue weighted by atomic mass is 10.0. The van der Waals surface area contributed by atoms with Crippen LogP contribution in [-0.4, -0.2) is 29.3 Å². The molecule has 2 heterocycles. The second-order valence-electron chi connectivity index (χ2n) is 5.03. The fourth-order valence-corrected chi connectivity index (χ4v) is 2.95. The summed E-state index contributed by atoms with van der Waals surface area (Å²) in [7, 11) is 1.65. The highest BCUT2D eigenvalue weighted by Gasteiger charge is 2.20. The zero-order chi connectivity index (χ0) is 14.1. The number of carbonyl (C=O) groups is 1. The van der Waals surface area contributed by atoms with Crippen molar-refractivity contribution < 1.29 is 14.6 Å². The second-order valence-corrected chi connectivity index (χ2v) is 5.03. The Morgan fingerprint density at radius 3 is 3.10 bits per heavy atom. The molecule has 2 N–H and O–H groups in total. The summed E-state index contributed by atoms with van der Waals surface area (Å²) in [5.41, 5.74) is 3.51. The number of carboxylic acids is 1. The van der Waals surface area contributed by atoms with Crippen molar-refractivity contribution in [2.75, 3.05) is 13.7 Å². The van der Waals surface area contributed by atoms with Crippen LogP contribution in [0, 0.1) is 0 Å². The van der Waals surface area contributed by atoms with Gasteiger partial charge in [-0.2, -0.15) is 0 Å². The second kappa shape index (κ2) is 5.17. The largest absolute Gasteiger partial charge is 0.497 e. The molecule has 0 spiro atoms. The van der Waals surface area contributed by atoms with E-state index in [1.807, 2.05) is 12.1 Å². The van der Waals surface area contributed by atoms with Crippen molar-refractivity contribution in [1.82, 2.24) is 9.88 Å². The first kappa shape index (κ1) is 13.0. The third-order valence-electron chi connectivity index (χ3n) is 3.89. The van der Waals surface area contributed by atoms with Gasteiger partial charge in [0.2, 0.25) is 0 Å². The van der Waals surface area contributed by atoms with Crippen molar-refractivity contribution in [3.63, 3.8) is 0 Å². The molecule has 2 aromatic rings. The summed E-state index contributed by atoms with van der Waals surface area (Å²) in [5, 5.41) is 13.4. The minimum Gasteiger partial charge on any atom is -0.497 e. The average molecular weight is 274 g/mol. The third kappa shape index (κ3) is 2.14. The fourth-order valence-electron chi connectivity index (χ4n) is 2.95. The maximum atomic E-state index is 10.9. The number of nitrogens with one attached hydrogen (secondary N) is 1. The van der Waals surface area contributed by atoms with Gasteiger partial charge < -0.3 is 19.7 Å². The highest BCUT2D eigenvalue weighted by molar-refractivity contribution is 5.87. The van der Waals surface area contributed by atoms with Gasteiger partial charge in [-0.25, -0.2) is 0 Å². The van der Waals surface area contributed by atoms with E-state index in [1.54, 1.807) is 7.11 Å². The van der Waals surface area contributed by atoms with E-state index in [0.29, 0.717) is 6.42 Å². The summed E-state index contributed by atoms with van der Waals surface area (Å²) in [6.45, 7) is 2.67. The van der Waals surface area contributed by atoms with Crippen LogP contribution in [0.4, 0.5) is 0 Å². The van der Waals surface area contributed by atoms with E-state index < -0.39 is 5.97 Å². The van der Waals surface area contributed by atoms with Crippen LogP contribution in [0.25, 0.3) is 10.9 Å². The molecule has 3 rings (SSSR count). The summed E-state index contributed by atoms with van der Waals surface area (Å²) < 4.78 is 7.59. The molecule has 1 aromatic heterocycles. The number of fused-ring (bicyclic) bond motifs is 3. The Morgan fingerprint density at radius 1 is 1.50 bits per heavy atom. The Kier molecular flexibility index (Phi) is 3.36. The Balaban J connectivity index is 2.15. The zero-order valence-electron chi connectivity index (χ0n) is 11.5. The number of aliphatic carboxylic acids is 1. The molecule has 1 aromatic carbocycles. The number of nitrogens with zero attached hydrogens (tertiary/aromatic N) is 1. The van der Waals surface area contributed by atoms with E-state index in [1.165, 1.54) is 11.2 Å². The fraction of sp³-hybridized carbons (Fsp3) is 0.400. The SMILES string of the molecule is COc1ccc2c(c1)c(CCC(=O)O)c1n2CCNC1. The highest BCUT2D eigenvalue weighted by atomic mass is 16.5. The Morgan fingerprint density at radius 2 is 2.35 bits per heavy atom. The summed E-state index contributed by atoms with van der Waals surface area (Å²) in [6.07, 6.45) is 0.715. The van der Waals surface area contributed by atoms with Crippen molar-refractivity contribution in [1.29, 1.82) is 0 Å².